The largest absolute Gasteiger partial charge is 0.314 e. The van der Waals surface area contributed by atoms with E-state index >= 15 is 0 Å². The van der Waals surface area contributed by atoms with Crippen LogP contribution in [0.1, 0.15) is 44.0 Å². The van der Waals surface area contributed by atoms with Gasteiger partial charge in [-0.1, -0.05) is 31.4 Å². The Kier molecular flexibility index (Phi) is 3.93. The quantitative estimate of drug-likeness (QED) is 0.797. The molecule has 1 aromatic rings. The van der Waals surface area contributed by atoms with Crippen LogP contribution in [0.4, 0.5) is 0 Å². The molecular weight excluding hydrogens is 200 g/mol. The summed E-state index contributed by atoms with van der Waals surface area (Å²) in [5.74, 6) is 0.946. The predicted octanol–water partition coefficient (Wildman–Crippen LogP) is 1.75. The first kappa shape index (κ1) is 11.6. The summed E-state index contributed by atoms with van der Waals surface area (Å²) in [6.45, 7) is 4.05. The fourth-order valence-corrected chi connectivity index (χ4v) is 2.33. The third-order valence-electron chi connectivity index (χ3n) is 3.57. The molecule has 0 amide bonds. The monoisotopic (exact) mass is 222 g/mol. The minimum atomic E-state index is 0.826. The molecule has 1 aliphatic rings. The molecule has 1 N–H and O–H groups in total. The molecule has 1 aliphatic carbocycles. The SMILES string of the molecule is CCc1c(CNC)nnn1CCC1CCC1. The van der Waals surface area contributed by atoms with Crippen LogP contribution in [0.5, 0.6) is 0 Å². The van der Waals surface area contributed by atoms with E-state index in [1.165, 1.54) is 31.4 Å². The van der Waals surface area contributed by atoms with Crippen molar-refractivity contribution >= 4 is 0 Å². The number of hydrogen-bond acceptors (Lipinski definition) is 3. The van der Waals surface area contributed by atoms with Crippen LogP contribution in [0.2, 0.25) is 0 Å². The van der Waals surface area contributed by atoms with Crippen LogP contribution < -0.4 is 5.32 Å². The second-order valence-corrected chi connectivity index (χ2v) is 4.68. The maximum absolute atomic E-state index is 4.26. The van der Waals surface area contributed by atoms with Crippen molar-refractivity contribution in [3.63, 3.8) is 0 Å². The maximum Gasteiger partial charge on any atom is 0.0996 e. The highest BCUT2D eigenvalue weighted by Crippen LogP contribution is 2.29. The van der Waals surface area contributed by atoms with Gasteiger partial charge in [-0.15, -0.1) is 5.10 Å². The lowest BCUT2D eigenvalue weighted by molar-refractivity contribution is 0.275. The Labute approximate surface area is 97.4 Å². The summed E-state index contributed by atoms with van der Waals surface area (Å²) in [5.41, 5.74) is 2.41. The second-order valence-electron chi connectivity index (χ2n) is 4.68. The van der Waals surface area contributed by atoms with Crippen molar-refractivity contribution < 1.29 is 0 Å². The van der Waals surface area contributed by atoms with Crippen molar-refractivity contribution in [1.82, 2.24) is 20.3 Å². The van der Waals surface area contributed by atoms with Crippen LogP contribution in [0.15, 0.2) is 0 Å². The molecule has 90 valence electrons. The van der Waals surface area contributed by atoms with E-state index in [-0.39, 0.29) is 0 Å². The fraction of sp³-hybridized carbons (Fsp3) is 0.833. The number of nitrogens with one attached hydrogen (secondary N) is 1. The van der Waals surface area contributed by atoms with Crippen LogP contribution >= 0.6 is 0 Å². The van der Waals surface area contributed by atoms with Crippen LogP contribution in [-0.2, 0) is 19.5 Å². The molecule has 0 unspecified atom stereocenters. The van der Waals surface area contributed by atoms with Crippen LogP contribution in [0.3, 0.4) is 0 Å². The van der Waals surface area contributed by atoms with Gasteiger partial charge in [0.2, 0.25) is 0 Å². The molecule has 0 aliphatic heterocycles. The van der Waals surface area contributed by atoms with Gasteiger partial charge in [0.25, 0.3) is 0 Å². The van der Waals surface area contributed by atoms with Gasteiger partial charge in [0, 0.05) is 13.1 Å². The highest BCUT2D eigenvalue weighted by atomic mass is 15.4. The summed E-state index contributed by atoms with van der Waals surface area (Å²) in [4.78, 5) is 0. The molecule has 1 saturated carbocycles. The average Bonchev–Trinajstić information content (AvgIpc) is 2.59. The third-order valence-corrected chi connectivity index (χ3v) is 3.57. The summed E-state index contributed by atoms with van der Waals surface area (Å²) in [5, 5.41) is 11.7. The van der Waals surface area contributed by atoms with E-state index in [1.807, 2.05) is 7.05 Å². The summed E-state index contributed by atoms with van der Waals surface area (Å²) < 4.78 is 2.10. The number of rotatable bonds is 6. The van der Waals surface area contributed by atoms with Crippen molar-refractivity contribution in [3.05, 3.63) is 11.4 Å². The Morgan fingerprint density at radius 1 is 1.44 bits per heavy atom. The highest BCUT2D eigenvalue weighted by Gasteiger charge is 2.18. The number of aryl methyl sites for hydroxylation is 1. The van der Waals surface area contributed by atoms with E-state index in [9.17, 15) is 0 Å². The van der Waals surface area contributed by atoms with E-state index in [0.717, 1.165) is 31.1 Å². The van der Waals surface area contributed by atoms with Crippen molar-refractivity contribution in [2.24, 2.45) is 5.92 Å². The molecule has 1 heterocycles. The van der Waals surface area contributed by atoms with Gasteiger partial charge < -0.3 is 5.32 Å². The van der Waals surface area contributed by atoms with Gasteiger partial charge >= 0.3 is 0 Å². The van der Waals surface area contributed by atoms with Crippen molar-refractivity contribution in [1.29, 1.82) is 0 Å². The molecule has 0 spiro atoms. The Bertz CT molecular complexity index is 328. The molecule has 0 radical (unpaired) electrons. The van der Waals surface area contributed by atoms with Crippen molar-refractivity contribution in [2.45, 2.75) is 52.1 Å². The molecule has 0 saturated heterocycles. The minimum absolute atomic E-state index is 0.826. The fourth-order valence-electron chi connectivity index (χ4n) is 2.33. The molecule has 1 fully saturated rings. The van der Waals surface area contributed by atoms with Crippen molar-refractivity contribution in [2.75, 3.05) is 7.05 Å². The second kappa shape index (κ2) is 5.43. The molecule has 4 nitrogen and oxygen atoms in total. The summed E-state index contributed by atoms with van der Waals surface area (Å²) in [7, 11) is 1.95. The van der Waals surface area contributed by atoms with E-state index in [2.05, 4.69) is 27.2 Å². The van der Waals surface area contributed by atoms with Crippen molar-refractivity contribution in [3.8, 4) is 0 Å². The maximum atomic E-state index is 4.26. The summed E-state index contributed by atoms with van der Waals surface area (Å²) in [6, 6.07) is 0. The minimum Gasteiger partial charge on any atom is -0.314 e. The molecule has 0 atom stereocenters. The third kappa shape index (κ3) is 2.43. The molecule has 16 heavy (non-hydrogen) atoms. The molecule has 1 aromatic heterocycles. The Hall–Kier alpha value is -0.900. The molecule has 4 heteroatoms. The lowest BCUT2D eigenvalue weighted by Gasteiger charge is -2.25. The van der Waals surface area contributed by atoms with E-state index < -0.39 is 0 Å². The standard InChI is InChI=1S/C12H22N4/c1-3-12-11(9-13-2)14-15-16(12)8-7-10-5-4-6-10/h10,13H,3-9H2,1-2H3. The van der Waals surface area contributed by atoms with Gasteiger partial charge in [0.15, 0.2) is 0 Å². The number of nitrogens with zero attached hydrogens (tertiary/aromatic N) is 3. The van der Waals surface area contributed by atoms with Crippen LogP contribution in [0, 0.1) is 5.92 Å². The smallest absolute Gasteiger partial charge is 0.0996 e. The van der Waals surface area contributed by atoms with Gasteiger partial charge in [-0.2, -0.15) is 0 Å². The first-order chi connectivity index (χ1) is 7.85. The molecule has 0 aromatic carbocycles. The Morgan fingerprint density at radius 3 is 2.81 bits per heavy atom. The summed E-state index contributed by atoms with van der Waals surface area (Å²) >= 11 is 0. The molecule has 0 bridgehead atoms. The highest BCUT2D eigenvalue weighted by molar-refractivity contribution is 5.09. The Balaban J connectivity index is 1.95. The van der Waals surface area contributed by atoms with E-state index in [0.29, 0.717) is 0 Å². The van der Waals surface area contributed by atoms with Gasteiger partial charge in [-0.05, 0) is 25.8 Å². The number of hydrogen-bond donors (Lipinski definition) is 1. The molecule has 2 rings (SSSR count). The lowest BCUT2D eigenvalue weighted by Crippen LogP contribution is -2.16. The van der Waals surface area contributed by atoms with E-state index in [1.54, 1.807) is 0 Å². The topological polar surface area (TPSA) is 42.7 Å². The van der Waals surface area contributed by atoms with E-state index in [4.69, 9.17) is 0 Å². The van der Waals surface area contributed by atoms with Gasteiger partial charge in [-0.3, -0.25) is 0 Å². The normalized spacial score (nSPS) is 16.4. The Morgan fingerprint density at radius 2 is 2.25 bits per heavy atom. The predicted molar refractivity (Wildman–Crippen MR) is 64.1 cm³/mol. The van der Waals surface area contributed by atoms with Gasteiger partial charge in [0.05, 0.1) is 11.4 Å². The van der Waals surface area contributed by atoms with Gasteiger partial charge in [0.1, 0.15) is 0 Å². The first-order valence-corrected chi connectivity index (χ1v) is 6.41. The lowest BCUT2D eigenvalue weighted by atomic mass is 9.83. The zero-order chi connectivity index (χ0) is 11.4. The number of aromatic nitrogens is 3. The van der Waals surface area contributed by atoms with Crippen LogP contribution in [0.25, 0.3) is 0 Å². The first-order valence-electron chi connectivity index (χ1n) is 6.41. The zero-order valence-electron chi connectivity index (χ0n) is 10.4. The summed E-state index contributed by atoms with van der Waals surface area (Å²) in [6.07, 6.45) is 6.55. The van der Waals surface area contributed by atoms with Gasteiger partial charge in [-0.25, -0.2) is 4.68 Å². The average molecular weight is 222 g/mol. The zero-order valence-corrected chi connectivity index (χ0v) is 10.4. The van der Waals surface area contributed by atoms with Crippen LogP contribution in [-0.4, -0.2) is 22.0 Å². The molecular formula is C12H22N4.